The van der Waals surface area contributed by atoms with E-state index in [9.17, 15) is 0 Å². The summed E-state index contributed by atoms with van der Waals surface area (Å²) < 4.78 is 5.32. The van der Waals surface area contributed by atoms with Gasteiger partial charge < -0.3 is 15.7 Å². The van der Waals surface area contributed by atoms with Gasteiger partial charge in [-0.05, 0) is 19.4 Å². The molecule has 98 valence electrons. The Morgan fingerprint density at radius 3 is 2.76 bits per heavy atom. The highest BCUT2D eigenvalue weighted by Gasteiger charge is 2.28. The van der Waals surface area contributed by atoms with Crippen LogP contribution in [0, 0.1) is 0 Å². The molecular formula is C11H22N4O2. The summed E-state index contributed by atoms with van der Waals surface area (Å²) in [5.41, 5.74) is 5.70. The molecule has 0 saturated carbocycles. The minimum Gasteiger partial charge on any atom is -0.409 e. The number of hydrogen-bond acceptors (Lipinski definition) is 5. The Kier molecular flexibility index (Phi) is 4.58. The summed E-state index contributed by atoms with van der Waals surface area (Å²) >= 11 is 0. The maximum Gasteiger partial charge on any atom is 0.156 e. The first kappa shape index (κ1) is 12.6. The van der Waals surface area contributed by atoms with Crippen molar-refractivity contribution >= 4 is 5.84 Å². The number of ether oxygens (including phenoxy) is 1. The minimum atomic E-state index is 0.126. The summed E-state index contributed by atoms with van der Waals surface area (Å²) in [7, 11) is 0. The molecule has 0 radical (unpaired) electrons. The molecule has 17 heavy (non-hydrogen) atoms. The van der Waals surface area contributed by atoms with Crippen LogP contribution in [0.3, 0.4) is 0 Å². The third-order valence-corrected chi connectivity index (χ3v) is 3.63. The summed E-state index contributed by atoms with van der Waals surface area (Å²) in [6.45, 7) is 6.78. The van der Waals surface area contributed by atoms with Gasteiger partial charge in [0, 0.05) is 26.2 Å². The third kappa shape index (κ3) is 3.31. The molecule has 0 aromatic rings. The highest BCUT2D eigenvalue weighted by atomic mass is 16.5. The van der Waals surface area contributed by atoms with E-state index in [0.717, 1.165) is 58.8 Å². The van der Waals surface area contributed by atoms with E-state index in [1.165, 1.54) is 0 Å². The zero-order chi connectivity index (χ0) is 12.1. The molecule has 2 saturated heterocycles. The highest BCUT2D eigenvalue weighted by molar-refractivity contribution is 5.85. The lowest BCUT2D eigenvalue weighted by molar-refractivity contribution is 0.0337. The first-order valence-electron chi connectivity index (χ1n) is 6.33. The Morgan fingerprint density at radius 2 is 2.06 bits per heavy atom. The molecule has 0 spiro atoms. The topological polar surface area (TPSA) is 74.3 Å². The lowest BCUT2D eigenvalue weighted by Gasteiger charge is -2.30. The minimum absolute atomic E-state index is 0.126. The number of oxime groups is 1. The highest BCUT2D eigenvalue weighted by Crippen LogP contribution is 2.17. The standard InChI is InChI=1S/C11H22N4O2/c12-11(13-16)10-2-1-3-15(10)5-4-14-6-8-17-9-7-14/h10,16H,1-9H2,(H2,12,13). The number of likely N-dealkylation sites (tertiary alicyclic amines) is 1. The van der Waals surface area contributed by atoms with Crippen LogP contribution in [0.2, 0.25) is 0 Å². The fourth-order valence-corrected chi connectivity index (χ4v) is 2.59. The molecule has 6 nitrogen and oxygen atoms in total. The second-order valence-electron chi connectivity index (χ2n) is 4.67. The monoisotopic (exact) mass is 242 g/mol. The van der Waals surface area contributed by atoms with E-state index in [1.54, 1.807) is 0 Å². The van der Waals surface area contributed by atoms with Crippen molar-refractivity contribution in [3.63, 3.8) is 0 Å². The van der Waals surface area contributed by atoms with Crippen LogP contribution in [0.15, 0.2) is 5.16 Å². The molecule has 0 bridgehead atoms. The fourth-order valence-electron chi connectivity index (χ4n) is 2.59. The van der Waals surface area contributed by atoms with Crippen LogP contribution in [-0.4, -0.2) is 72.8 Å². The largest absolute Gasteiger partial charge is 0.409 e. The average molecular weight is 242 g/mol. The van der Waals surface area contributed by atoms with E-state index in [0.29, 0.717) is 5.84 Å². The summed E-state index contributed by atoms with van der Waals surface area (Å²) in [6, 6.07) is 0.126. The summed E-state index contributed by atoms with van der Waals surface area (Å²) in [6.07, 6.45) is 2.13. The number of hydrogen-bond donors (Lipinski definition) is 2. The second kappa shape index (κ2) is 6.18. The molecule has 2 aliphatic rings. The summed E-state index contributed by atoms with van der Waals surface area (Å²) in [5.74, 6) is 0.351. The van der Waals surface area contributed by atoms with E-state index in [1.807, 2.05) is 0 Å². The zero-order valence-corrected chi connectivity index (χ0v) is 10.2. The zero-order valence-electron chi connectivity index (χ0n) is 10.2. The molecule has 0 aliphatic carbocycles. The lowest BCUT2D eigenvalue weighted by Crippen LogP contribution is -2.46. The lowest BCUT2D eigenvalue weighted by atomic mass is 10.2. The Hall–Kier alpha value is -0.850. The van der Waals surface area contributed by atoms with Gasteiger partial charge >= 0.3 is 0 Å². The van der Waals surface area contributed by atoms with Crippen LogP contribution in [0.25, 0.3) is 0 Å². The van der Waals surface area contributed by atoms with Gasteiger partial charge in [0.1, 0.15) is 0 Å². The maximum absolute atomic E-state index is 8.74. The molecule has 1 unspecified atom stereocenters. The number of morpholine rings is 1. The Morgan fingerprint density at radius 1 is 1.29 bits per heavy atom. The Labute approximate surface area is 102 Å². The SMILES string of the molecule is NC(=NO)C1CCCN1CCN1CCOCC1. The van der Waals surface area contributed by atoms with Gasteiger partial charge in [-0.3, -0.25) is 9.80 Å². The van der Waals surface area contributed by atoms with Crippen LogP contribution < -0.4 is 5.73 Å². The van der Waals surface area contributed by atoms with Crippen molar-refractivity contribution < 1.29 is 9.94 Å². The van der Waals surface area contributed by atoms with Crippen LogP contribution in [0.5, 0.6) is 0 Å². The van der Waals surface area contributed by atoms with Gasteiger partial charge in [-0.15, -0.1) is 0 Å². The van der Waals surface area contributed by atoms with Crippen LogP contribution in [-0.2, 0) is 4.74 Å². The number of nitrogens with two attached hydrogens (primary N) is 1. The van der Waals surface area contributed by atoms with Crippen molar-refractivity contribution in [1.82, 2.24) is 9.80 Å². The quantitative estimate of drug-likeness (QED) is 0.302. The van der Waals surface area contributed by atoms with E-state index in [-0.39, 0.29) is 6.04 Å². The Bertz CT molecular complexity index is 266. The van der Waals surface area contributed by atoms with Crippen molar-refractivity contribution in [1.29, 1.82) is 0 Å². The molecule has 2 rings (SSSR count). The van der Waals surface area contributed by atoms with Gasteiger partial charge in [0.15, 0.2) is 5.84 Å². The van der Waals surface area contributed by atoms with E-state index >= 15 is 0 Å². The van der Waals surface area contributed by atoms with Gasteiger partial charge in [0.25, 0.3) is 0 Å². The molecule has 2 fully saturated rings. The van der Waals surface area contributed by atoms with Gasteiger partial charge in [-0.2, -0.15) is 0 Å². The molecule has 3 N–H and O–H groups in total. The molecule has 6 heteroatoms. The van der Waals surface area contributed by atoms with Crippen molar-refractivity contribution in [2.24, 2.45) is 10.9 Å². The van der Waals surface area contributed by atoms with Crippen molar-refractivity contribution in [3.05, 3.63) is 0 Å². The second-order valence-corrected chi connectivity index (χ2v) is 4.67. The first-order valence-corrected chi connectivity index (χ1v) is 6.33. The molecule has 0 amide bonds. The van der Waals surface area contributed by atoms with Crippen LogP contribution >= 0.6 is 0 Å². The molecule has 2 heterocycles. The van der Waals surface area contributed by atoms with Gasteiger partial charge in [-0.1, -0.05) is 5.16 Å². The Balaban J connectivity index is 1.77. The number of amidine groups is 1. The predicted octanol–water partition coefficient (Wildman–Crippen LogP) is -0.471. The van der Waals surface area contributed by atoms with Gasteiger partial charge in [-0.25, -0.2) is 0 Å². The van der Waals surface area contributed by atoms with E-state index in [2.05, 4.69) is 15.0 Å². The molecule has 2 aliphatic heterocycles. The molecule has 0 aromatic heterocycles. The third-order valence-electron chi connectivity index (χ3n) is 3.63. The van der Waals surface area contributed by atoms with Crippen LogP contribution in [0.4, 0.5) is 0 Å². The van der Waals surface area contributed by atoms with E-state index in [4.69, 9.17) is 15.7 Å². The van der Waals surface area contributed by atoms with Gasteiger partial charge in [0.05, 0.1) is 19.3 Å². The fraction of sp³-hybridized carbons (Fsp3) is 0.909. The van der Waals surface area contributed by atoms with Crippen molar-refractivity contribution in [2.45, 2.75) is 18.9 Å². The summed E-state index contributed by atoms with van der Waals surface area (Å²) in [5, 5.41) is 11.9. The number of nitrogens with zero attached hydrogens (tertiary/aromatic N) is 3. The average Bonchev–Trinajstić information content (AvgIpc) is 2.85. The normalized spacial score (nSPS) is 28.7. The van der Waals surface area contributed by atoms with Crippen molar-refractivity contribution in [2.75, 3.05) is 45.9 Å². The first-order chi connectivity index (χ1) is 8.31. The molecule has 0 aromatic carbocycles. The number of rotatable bonds is 4. The predicted molar refractivity (Wildman–Crippen MR) is 65.3 cm³/mol. The maximum atomic E-state index is 8.74. The smallest absolute Gasteiger partial charge is 0.156 e. The van der Waals surface area contributed by atoms with Gasteiger partial charge in [0.2, 0.25) is 0 Å². The summed E-state index contributed by atoms with van der Waals surface area (Å²) in [4.78, 5) is 4.72. The van der Waals surface area contributed by atoms with Crippen LogP contribution in [0.1, 0.15) is 12.8 Å². The van der Waals surface area contributed by atoms with E-state index < -0.39 is 0 Å². The molecular weight excluding hydrogens is 220 g/mol. The molecule has 1 atom stereocenters. The van der Waals surface area contributed by atoms with Crippen molar-refractivity contribution in [3.8, 4) is 0 Å².